The van der Waals surface area contributed by atoms with Gasteiger partial charge in [0.05, 0.1) is 17.7 Å². The van der Waals surface area contributed by atoms with Crippen LogP contribution < -0.4 is 15.0 Å². The van der Waals surface area contributed by atoms with Gasteiger partial charge in [-0.1, -0.05) is 0 Å². The summed E-state index contributed by atoms with van der Waals surface area (Å²) in [5, 5.41) is 3.32. The third kappa shape index (κ3) is 4.11. The summed E-state index contributed by atoms with van der Waals surface area (Å²) in [5.41, 5.74) is 0.747. The van der Waals surface area contributed by atoms with Gasteiger partial charge in [-0.25, -0.2) is 4.99 Å². The molecule has 6 nitrogen and oxygen atoms in total. The second kappa shape index (κ2) is 8.14. The van der Waals surface area contributed by atoms with E-state index < -0.39 is 0 Å². The Balaban J connectivity index is 1.74. The number of nitrogens with zero attached hydrogens (tertiary/aromatic N) is 2. The Bertz CT molecular complexity index is 836. The van der Waals surface area contributed by atoms with Crippen molar-refractivity contribution in [2.75, 3.05) is 25.1 Å². The summed E-state index contributed by atoms with van der Waals surface area (Å²) < 4.78 is 10.9. The van der Waals surface area contributed by atoms with E-state index in [9.17, 15) is 4.79 Å². The molecule has 2 aromatic rings. The number of amidine groups is 1. The molecule has 7 heteroatoms. The first kappa shape index (κ1) is 18.1. The lowest BCUT2D eigenvalue weighted by Crippen LogP contribution is -2.20. The SMILES string of the molecule is CCN(CC)c1ccc(/C=C2\SC(=Nc3ccc(OC)cc3)NC2=O)o1. The Labute approximate surface area is 156 Å². The highest BCUT2D eigenvalue weighted by Gasteiger charge is 2.24. The highest BCUT2D eigenvalue weighted by Crippen LogP contribution is 2.30. The molecule has 0 spiro atoms. The number of thioether (sulfide) groups is 1. The highest BCUT2D eigenvalue weighted by atomic mass is 32.2. The van der Waals surface area contributed by atoms with E-state index in [4.69, 9.17) is 9.15 Å². The Morgan fingerprint density at radius 2 is 1.92 bits per heavy atom. The maximum absolute atomic E-state index is 12.2. The van der Waals surface area contributed by atoms with E-state index in [2.05, 4.69) is 29.1 Å². The molecule has 136 valence electrons. The third-order valence-corrected chi connectivity index (χ3v) is 4.82. The fraction of sp³-hybridized carbons (Fsp3) is 0.263. The van der Waals surface area contributed by atoms with Crippen LogP contribution in [0.5, 0.6) is 5.75 Å². The van der Waals surface area contributed by atoms with Crippen LogP contribution in [-0.2, 0) is 4.79 Å². The molecule has 1 amide bonds. The molecule has 26 heavy (non-hydrogen) atoms. The first-order chi connectivity index (χ1) is 12.6. The molecule has 0 aliphatic carbocycles. The normalized spacial score (nSPS) is 17.0. The quantitative estimate of drug-likeness (QED) is 0.777. The number of methoxy groups -OCH3 is 1. The smallest absolute Gasteiger partial charge is 0.264 e. The molecule has 2 heterocycles. The summed E-state index contributed by atoms with van der Waals surface area (Å²) in [7, 11) is 1.62. The molecule has 0 atom stereocenters. The van der Waals surface area contributed by atoms with Gasteiger partial charge in [-0.05, 0) is 55.9 Å². The predicted octanol–water partition coefficient (Wildman–Crippen LogP) is 4.03. The number of furan rings is 1. The number of amides is 1. The number of ether oxygens (including phenoxy) is 1. The van der Waals surface area contributed by atoms with Crippen LogP contribution >= 0.6 is 11.8 Å². The topological polar surface area (TPSA) is 67.1 Å². The molecule has 1 N–H and O–H groups in total. The van der Waals surface area contributed by atoms with Gasteiger partial charge >= 0.3 is 0 Å². The monoisotopic (exact) mass is 371 g/mol. The second-order valence-corrected chi connectivity index (χ2v) is 6.56. The minimum atomic E-state index is -0.178. The summed E-state index contributed by atoms with van der Waals surface area (Å²) in [5.74, 6) is 2.04. The fourth-order valence-corrected chi connectivity index (χ4v) is 3.33. The number of anilines is 1. The maximum atomic E-state index is 12.2. The van der Waals surface area contributed by atoms with Gasteiger partial charge in [0.25, 0.3) is 5.91 Å². The number of aliphatic imine (C=N–C) groups is 1. The zero-order valence-electron chi connectivity index (χ0n) is 15.0. The Morgan fingerprint density at radius 1 is 1.19 bits per heavy atom. The minimum absolute atomic E-state index is 0.178. The van der Waals surface area contributed by atoms with Gasteiger partial charge < -0.3 is 19.4 Å². The Kier molecular flexibility index (Phi) is 5.68. The van der Waals surface area contributed by atoms with Gasteiger partial charge in [0.2, 0.25) is 0 Å². The van der Waals surface area contributed by atoms with Crippen LogP contribution in [0.25, 0.3) is 6.08 Å². The average Bonchev–Trinajstić information content (AvgIpc) is 3.24. The lowest BCUT2D eigenvalue weighted by molar-refractivity contribution is -0.115. The average molecular weight is 371 g/mol. The van der Waals surface area contributed by atoms with E-state index in [1.165, 1.54) is 11.8 Å². The van der Waals surface area contributed by atoms with E-state index in [0.717, 1.165) is 30.4 Å². The third-order valence-electron chi connectivity index (χ3n) is 3.92. The van der Waals surface area contributed by atoms with Crippen LogP contribution in [-0.4, -0.2) is 31.3 Å². The number of rotatable bonds is 6. The van der Waals surface area contributed by atoms with Gasteiger partial charge in [-0.15, -0.1) is 0 Å². The van der Waals surface area contributed by atoms with Crippen molar-refractivity contribution in [3.8, 4) is 5.75 Å². The molecular weight excluding hydrogens is 350 g/mol. The predicted molar refractivity (Wildman–Crippen MR) is 106 cm³/mol. The molecular formula is C19H21N3O3S. The molecule has 1 fully saturated rings. The summed E-state index contributed by atoms with van der Waals surface area (Å²) in [6.07, 6.45) is 1.74. The molecule has 0 radical (unpaired) electrons. The number of hydrogen-bond acceptors (Lipinski definition) is 6. The van der Waals surface area contributed by atoms with Crippen LogP contribution in [0.2, 0.25) is 0 Å². The number of nitrogens with one attached hydrogen (secondary N) is 1. The first-order valence-electron chi connectivity index (χ1n) is 8.41. The molecule has 1 aromatic carbocycles. The van der Waals surface area contributed by atoms with Crippen molar-refractivity contribution in [1.82, 2.24) is 5.32 Å². The van der Waals surface area contributed by atoms with Crippen LogP contribution in [0.15, 0.2) is 50.7 Å². The molecule has 3 rings (SSSR count). The largest absolute Gasteiger partial charge is 0.497 e. The number of hydrogen-bond donors (Lipinski definition) is 1. The molecule has 0 saturated carbocycles. The highest BCUT2D eigenvalue weighted by molar-refractivity contribution is 8.18. The minimum Gasteiger partial charge on any atom is -0.497 e. The van der Waals surface area contributed by atoms with Gasteiger partial charge in [-0.2, -0.15) is 0 Å². The number of carbonyl (C=O) groups excluding carboxylic acids is 1. The number of benzene rings is 1. The van der Waals surface area contributed by atoms with Crippen LogP contribution in [0.3, 0.4) is 0 Å². The summed E-state index contributed by atoms with van der Waals surface area (Å²) in [4.78, 5) is 19.3. The standard InChI is InChI=1S/C19H21N3O3S/c1-4-22(5-2)17-11-10-15(25-17)12-16-18(23)21-19(26-16)20-13-6-8-14(24-3)9-7-13/h6-12H,4-5H2,1-3H3,(H,20,21,23)/b16-12-. The van der Waals surface area contributed by atoms with E-state index in [1.54, 1.807) is 13.2 Å². The zero-order valence-corrected chi connectivity index (χ0v) is 15.8. The maximum Gasteiger partial charge on any atom is 0.264 e. The van der Waals surface area contributed by atoms with Gasteiger partial charge in [0.1, 0.15) is 11.5 Å². The second-order valence-electron chi connectivity index (χ2n) is 5.53. The van der Waals surface area contributed by atoms with Gasteiger partial charge in [-0.3, -0.25) is 4.79 Å². The van der Waals surface area contributed by atoms with Crippen molar-refractivity contribution < 1.29 is 13.9 Å². The van der Waals surface area contributed by atoms with Crippen molar-refractivity contribution in [2.24, 2.45) is 4.99 Å². The molecule has 1 aromatic heterocycles. The van der Waals surface area contributed by atoms with E-state index >= 15 is 0 Å². The van der Waals surface area contributed by atoms with Crippen LogP contribution in [0.1, 0.15) is 19.6 Å². The summed E-state index contributed by atoms with van der Waals surface area (Å²) in [6.45, 7) is 5.89. The van der Waals surface area contributed by atoms with Crippen molar-refractivity contribution >= 4 is 40.5 Å². The Morgan fingerprint density at radius 3 is 2.58 bits per heavy atom. The summed E-state index contributed by atoms with van der Waals surface area (Å²) >= 11 is 1.29. The molecule has 1 aliphatic heterocycles. The van der Waals surface area contributed by atoms with Crippen molar-refractivity contribution in [2.45, 2.75) is 13.8 Å². The van der Waals surface area contributed by atoms with Crippen LogP contribution in [0.4, 0.5) is 11.6 Å². The molecule has 1 aliphatic rings. The molecule has 0 bridgehead atoms. The zero-order chi connectivity index (χ0) is 18.5. The Hall–Kier alpha value is -2.67. The number of carbonyl (C=O) groups is 1. The molecule has 0 unspecified atom stereocenters. The van der Waals surface area contributed by atoms with Crippen molar-refractivity contribution in [3.63, 3.8) is 0 Å². The van der Waals surface area contributed by atoms with E-state index in [1.807, 2.05) is 36.4 Å². The lowest BCUT2D eigenvalue weighted by Gasteiger charge is -2.16. The van der Waals surface area contributed by atoms with E-state index in [0.29, 0.717) is 15.8 Å². The summed E-state index contributed by atoms with van der Waals surface area (Å²) in [6, 6.07) is 11.1. The van der Waals surface area contributed by atoms with Gasteiger partial charge in [0.15, 0.2) is 11.1 Å². The first-order valence-corrected chi connectivity index (χ1v) is 9.23. The van der Waals surface area contributed by atoms with E-state index in [-0.39, 0.29) is 5.91 Å². The van der Waals surface area contributed by atoms with Crippen molar-refractivity contribution in [3.05, 3.63) is 47.1 Å². The lowest BCUT2D eigenvalue weighted by atomic mass is 10.3. The molecule has 1 saturated heterocycles. The van der Waals surface area contributed by atoms with Crippen molar-refractivity contribution in [1.29, 1.82) is 0 Å². The fourth-order valence-electron chi connectivity index (χ4n) is 2.51. The van der Waals surface area contributed by atoms with Gasteiger partial charge in [0, 0.05) is 25.2 Å². The van der Waals surface area contributed by atoms with Crippen LogP contribution in [0, 0.1) is 0 Å².